The zero-order valence-electron chi connectivity index (χ0n) is 17.7. The van der Waals surface area contributed by atoms with E-state index in [1.54, 1.807) is 0 Å². The summed E-state index contributed by atoms with van der Waals surface area (Å²) in [7, 11) is 0. The number of aromatic nitrogens is 1. The van der Waals surface area contributed by atoms with E-state index < -0.39 is 0 Å². The maximum absolute atomic E-state index is 13.5. The molecule has 2 fully saturated rings. The van der Waals surface area contributed by atoms with Gasteiger partial charge in [0.1, 0.15) is 5.69 Å². The third-order valence-electron chi connectivity index (χ3n) is 7.22. The van der Waals surface area contributed by atoms with Gasteiger partial charge in [-0.3, -0.25) is 9.59 Å². The van der Waals surface area contributed by atoms with E-state index in [1.807, 2.05) is 29.2 Å². The summed E-state index contributed by atoms with van der Waals surface area (Å²) in [6, 6.07) is 8.27. The van der Waals surface area contributed by atoms with E-state index >= 15 is 0 Å². The SMILES string of the molecule is O=C(NC1CCCCCC1)c1c2c(nc3ccccc13)C(=O)N(C1CCCCC1)C2. The number of hydrogen-bond acceptors (Lipinski definition) is 3. The predicted molar refractivity (Wildman–Crippen MR) is 117 cm³/mol. The molecule has 0 unspecified atom stereocenters. The maximum atomic E-state index is 13.5. The largest absolute Gasteiger partial charge is 0.349 e. The van der Waals surface area contributed by atoms with Crippen molar-refractivity contribution in [2.75, 3.05) is 0 Å². The molecule has 0 radical (unpaired) electrons. The van der Waals surface area contributed by atoms with Crippen LogP contribution in [0.5, 0.6) is 0 Å². The Morgan fingerprint density at radius 2 is 1.60 bits per heavy atom. The normalized spacial score (nSPS) is 20.9. The fourth-order valence-corrected chi connectivity index (χ4v) is 5.59. The Labute approximate surface area is 178 Å². The Morgan fingerprint density at radius 1 is 0.933 bits per heavy atom. The Kier molecular flexibility index (Phi) is 5.45. The van der Waals surface area contributed by atoms with Gasteiger partial charge in [0.15, 0.2) is 0 Å². The van der Waals surface area contributed by atoms with Gasteiger partial charge in [0, 0.05) is 29.6 Å². The molecule has 2 aliphatic carbocycles. The summed E-state index contributed by atoms with van der Waals surface area (Å²) in [6.45, 7) is 0.518. The van der Waals surface area contributed by atoms with Crippen molar-refractivity contribution in [1.82, 2.24) is 15.2 Å². The van der Waals surface area contributed by atoms with Crippen LogP contribution in [0.1, 0.15) is 97.0 Å². The number of rotatable bonds is 3. The van der Waals surface area contributed by atoms with Crippen molar-refractivity contribution in [3.05, 3.63) is 41.1 Å². The molecule has 5 rings (SSSR count). The number of amides is 2. The highest BCUT2D eigenvalue weighted by atomic mass is 16.2. The maximum Gasteiger partial charge on any atom is 0.273 e. The van der Waals surface area contributed by atoms with Crippen molar-refractivity contribution in [3.8, 4) is 0 Å². The molecule has 2 saturated carbocycles. The van der Waals surface area contributed by atoms with E-state index in [4.69, 9.17) is 4.98 Å². The first-order chi connectivity index (χ1) is 14.7. The molecule has 5 heteroatoms. The molecular formula is C25H31N3O2. The molecule has 0 saturated heterocycles. The second kappa shape index (κ2) is 8.37. The summed E-state index contributed by atoms with van der Waals surface area (Å²) in [6.07, 6.45) is 12.7. The topological polar surface area (TPSA) is 62.3 Å². The van der Waals surface area contributed by atoms with Crippen LogP contribution < -0.4 is 5.32 Å². The van der Waals surface area contributed by atoms with Crippen molar-refractivity contribution in [1.29, 1.82) is 0 Å². The van der Waals surface area contributed by atoms with Gasteiger partial charge < -0.3 is 10.2 Å². The van der Waals surface area contributed by atoms with Crippen LogP contribution >= 0.6 is 0 Å². The van der Waals surface area contributed by atoms with Crippen LogP contribution in [0.3, 0.4) is 0 Å². The molecule has 1 N–H and O–H groups in total. The Hall–Kier alpha value is -2.43. The second-order valence-corrected chi connectivity index (χ2v) is 9.22. The van der Waals surface area contributed by atoms with Crippen molar-refractivity contribution >= 4 is 22.7 Å². The Morgan fingerprint density at radius 3 is 2.37 bits per heavy atom. The summed E-state index contributed by atoms with van der Waals surface area (Å²) < 4.78 is 0. The van der Waals surface area contributed by atoms with Gasteiger partial charge in [0.05, 0.1) is 11.1 Å². The van der Waals surface area contributed by atoms with E-state index in [-0.39, 0.29) is 23.9 Å². The number of carbonyl (C=O) groups is 2. The first kappa shape index (κ1) is 19.5. The number of pyridine rings is 1. The van der Waals surface area contributed by atoms with Gasteiger partial charge in [-0.2, -0.15) is 0 Å². The van der Waals surface area contributed by atoms with Crippen molar-refractivity contribution in [2.24, 2.45) is 0 Å². The number of para-hydroxylation sites is 1. The van der Waals surface area contributed by atoms with Gasteiger partial charge in [-0.25, -0.2) is 4.98 Å². The molecule has 1 aliphatic heterocycles. The lowest BCUT2D eigenvalue weighted by Crippen LogP contribution is -2.37. The predicted octanol–water partition coefficient (Wildman–Crippen LogP) is 4.98. The Bertz CT molecular complexity index is 956. The van der Waals surface area contributed by atoms with E-state index in [1.165, 1.54) is 44.9 Å². The lowest BCUT2D eigenvalue weighted by molar-refractivity contribution is 0.0655. The lowest BCUT2D eigenvalue weighted by Gasteiger charge is -2.30. The first-order valence-electron chi connectivity index (χ1n) is 11.8. The van der Waals surface area contributed by atoms with Crippen LogP contribution in [0, 0.1) is 0 Å². The summed E-state index contributed by atoms with van der Waals surface area (Å²) in [5, 5.41) is 4.17. The van der Waals surface area contributed by atoms with Crippen LogP contribution in [0.15, 0.2) is 24.3 Å². The van der Waals surface area contributed by atoms with Gasteiger partial charge in [-0.05, 0) is 31.7 Å². The van der Waals surface area contributed by atoms with Crippen molar-refractivity contribution < 1.29 is 9.59 Å². The van der Waals surface area contributed by atoms with Crippen LogP contribution in [0.25, 0.3) is 10.9 Å². The standard InChI is InChI=1S/C25H31N3O2/c29-24(26-17-10-4-1-2-5-11-17)22-19-14-8-9-15-21(19)27-23-20(22)16-28(25(23)30)18-12-6-3-7-13-18/h8-9,14-15,17-18H,1-7,10-13,16H2,(H,26,29). The number of nitrogens with zero attached hydrogens (tertiary/aromatic N) is 2. The molecule has 0 bridgehead atoms. The molecular weight excluding hydrogens is 374 g/mol. The molecule has 1 aromatic carbocycles. The number of carbonyl (C=O) groups excluding carboxylic acids is 2. The molecule has 5 nitrogen and oxygen atoms in total. The monoisotopic (exact) mass is 405 g/mol. The Balaban J connectivity index is 1.52. The minimum atomic E-state index is -0.0324. The summed E-state index contributed by atoms with van der Waals surface area (Å²) >= 11 is 0. The van der Waals surface area contributed by atoms with Gasteiger partial charge >= 0.3 is 0 Å². The highest BCUT2D eigenvalue weighted by Crippen LogP contribution is 2.34. The van der Waals surface area contributed by atoms with Crippen molar-refractivity contribution in [3.63, 3.8) is 0 Å². The summed E-state index contributed by atoms with van der Waals surface area (Å²) in [5.74, 6) is -0.0267. The molecule has 2 aromatic rings. The molecule has 2 heterocycles. The average Bonchev–Trinajstić information content (AvgIpc) is 2.93. The highest BCUT2D eigenvalue weighted by molar-refractivity contribution is 6.11. The van der Waals surface area contributed by atoms with Crippen LogP contribution in [-0.4, -0.2) is 33.8 Å². The summed E-state index contributed by atoms with van der Waals surface area (Å²) in [4.78, 5) is 33.5. The van der Waals surface area contributed by atoms with Gasteiger partial charge in [0.25, 0.3) is 11.8 Å². The molecule has 0 spiro atoms. The molecule has 30 heavy (non-hydrogen) atoms. The van der Waals surface area contributed by atoms with Crippen LogP contribution in [0.4, 0.5) is 0 Å². The minimum Gasteiger partial charge on any atom is -0.349 e. The quantitative estimate of drug-likeness (QED) is 0.733. The number of fused-ring (bicyclic) bond motifs is 2. The first-order valence-corrected chi connectivity index (χ1v) is 11.8. The van der Waals surface area contributed by atoms with E-state index in [9.17, 15) is 9.59 Å². The zero-order valence-corrected chi connectivity index (χ0v) is 17.7. The van der Waals surface area contributed by atoms with Crippen molar-refractivity contribution in [2.45, 2.75) is 89.3 Å². The van der Waals surface area contributed by atoms with E-state index in [0.717, 1.165) is 42.1 Å². The second-order valence-electron chi connectivity index (χ2n) is 9.22. The fourth-order valence-electron chi connectivity index (χ4n) is 5.59. The third kappa shape index (κ3) is 3.59. The number of nitrogens with one attached hydrogen (secondary N) is 1. The smallest absolute Gasteiger partial charge is 0.273 e. The van der Waals surface area contributed by atoms with E-state index in [0.29, 0.717) is 17.8 Å². The zero-order chi connectivity index (χ0) is 20.5. The third-order valence-corrected chi connectivity index (χ3v) is 7.22. The molecule has 1 aromatic heterocycles. The van der Waals surface area contributed by atoms with Gasteiger partial charge in [-0.15, -0.1) is 0 Å². The number of hydrogen-bond donors (Lipinski definition) is 1. The molecule has 158 valence electrons. The highest BCUT2D eigenvalue weighted by Gasteiger charge is 2.38. The molecule has 3 aliphatic rings. The summed E-state index contributed by atoms with van der Waals surface area (Å²) in [5.41, 5.74) is 2.73. The fraction of sp³-hybridized carbons (Fsp3) is 0.560. The average molecular weight is 406 g/mol. The van der Waals surface area contributed by atoms with Crippen LogP contribution in [0.2, 0.25) is 0 Å². The number of benzene rings is 1. The van der Waals surface area contributed by atoms with Crippen LogP contribution in [-0.2, 0) is 6.54 Å². The van der Waals surface area contributed by atoms with Gasteiger partial charge in [-0.1, -0.05) is 63.1 Å². The van der Waals surface area contributed by atoms with Gasteiger partial charge in [0.2, 0.25) is 0 Å². The molecule has 2 amide bonds. The van der Waals surface area contributed by atoms with E-state index in [2.05, 4.69) is 5.32 Å². The minimum absolute atomic E-state index is 0.00571. The molecule has 0 atom stereocenters. The lowest BCUT2D eigenvalue weighted by atomic mass is 9.94.